The Morgan fingerprint density at radius 3 is 2.62 bits per heavy atom. The molecule has 1 heterocycles. The molecule has 1 atom stereocenters. The molecule has 0 bridgehead atoms. The molecule has 134 valence electrons. The number of anilines is 1. The first kappa shape index (κ1) is 16.6. The first-order valence-corrected chi connectivity index (χ1v) is 8.93. The Bertz CT molecular complexity index is 855. The fraction of sp³-hybridized carbons (Fsp3) is 0.333. The number of carbonyl (C=O) groups excluding carboxylic acids is 1. The Morgan fingerprint density at radius 1 is 1.23 bits per heavy atom. The van der Waals surface area contributed by atoms with Crippen LogP contribution in [0.2, 0.25) is 0 Å². The van der Waals surface area contributed by atoms with E-state index in [2.05, 4.69) is 0 Å². The molecular formula is C21H21NO4. The van der Waals surface area contributed by atoms with E-state index in [9.17, 15) is 9.59 Å². The fourth-order valence-corrected chi connectivity index (χ4v) is 3.16. The number of carboxylic acids is 1. The van der Waals surface area contributed by atoms with Crippen molar-refractivity contribution in [3.63, 3.8) is 0 Å². The Labute approximate surface area is 152 Å². The van der Waals surface area contributed by atoms with Gasteiger partial charge in [0.05, 0.1) is 19.1 Å². The zero-order chi connectivity index (χ0) is 18.3. The monoisotopic (exact) mass is 351 g/mol. The van der Waals surface area contributed by atoms with Crippen LogP contribution in [0.25, 0.3) is 0 Å². The zero-order valence-corrected chi connectivity index (χ0v) is 14.6. The molecule has 1 saturated carbocycles. The van der Waals surface area contributed by atoms with Crippen molar-refractivity contribution in [1.82, 2.24) is 0 Å². The normalized spacial score (nSPS) is 17.1. The zero-order valence-electron chi connectivity index (χ0n) is 14.6. The van der Waals surface area contributed by atoms with Crippen LogP contribution < -0.4 is 9.64 Å². The number of carbonyl (C=O) groups is 2. The van der Waals surface area contributed by atoms with Gasteiger partial charge in [-0.05, 0) is 61.1 Å². The molecule has 1 unspecified atom stereocenters. The molecule has 2 aromatic carbocycles. The summed E-state index contributed by atoms with van der Waals surface area (Å²) in [6, 6.07) is 12.9. The lowest BCUT2D eigenvalue weighted by atomic mass is 10.0. The van der Waals surface area contributed by atoms with Crippen molar-refractivity contribution in [2.45, 2.75) is 32.2 Å². The van der Waals surface area contributed by atoms with Gasteiger partial charge in [0.15, 0.2) is 0 Å². The summed E-state index contributed by atoms with van der Waals surface area (Å²) < 4.78 is 5.78. The number of rotatable bonds is 6. The summed E-state index contributed by atoms with van der Waals surface area (Å²) in [6.07, 6.45) is 2.46. The van der Waals surface area contributed by atoms with E-state index in [-0.39, 0.29) is 5.91 Å². The van der Waals surface area contributed by atoms with E-state index < -0.39 is 11.9 Å². The third-order valence-corrected chi connectivity index (χ3v) is 5.14. The van der Waals surface area contributed by atoms with Gasteiger partial charge in [0, 0.05) is 11.3 Å². The molecule has 4 rings (SSSR count). The molecule has 0 aromatic heterocycles. The number of aliphatic carboxylic acids is 1. The highest BCUT2D eigenvalue weighted by Crippen LogP contribution is 2.33. The molecule has 1 aliphatic carbocycles. The lowest BCUT2D eigenvalue weighted by Crippen LogP contribution is -2.23. The fourth-order valence-electron chi connectivity index (χ4n) is 3.16. The smallest absolute Gasteiger partial charge is 0.310 e. The molecule has 0 saturated heterocycles. The predicted molar refractivity (Wildman–Crippen MR) is 97.7 cm³/mol. The van der Waals surface area contributed by atoms with Crippen molar-refractivity contribution in [2.24, 2.45) is 5.92 Å². The van der Waals surface area contributed by atoms with Crippen LogP contribution >= 0.6 is 0 Å². The second-order valence-corrected chi connectivity index (χ2v) is 7.12. The van der Waals surface area contributed by atoms with Gasteiger partial charge in [-0.1, -0.05) is 18.2 Å². The summed E-state index contributed by atoms with van der Waals surface area (Å²) >= 11 is 0. The molecule has 1 aliphatic heterocycles. The van der Waals surface area contributed by atoms with Gasteiger partial charge in [0.25, 0.3) is 5.91 Å². The number of ether oxygens (including phenoxy) is 1. The predicted octanol–water partition coefficient (Wildman–Crippen LogP) is 3.82. The maximum atomic E-state index is 12.8. The minimum atomic E-state index is -0.860. The van der Waals surface area contributed by atoms with Gasteiger partial charge < -0.3 is 14.7 Å². The second-order valence-electron chi connectivity index (χ2n) is 7.12. The number of fused-ring (bicyclic) bond motifs is 1. The molecular weight excluding hydrogens is 330 g/mol. The second kappa shape index (κ2) is 6.48. The van der Waals surface area contributed by atoms with Crippen molar-refractivity contribution in [1.29, 1.82) is 0 Å². The van der Waals surface area contributed by atoms with Crippen LogP contribution in [-0.4, -0.2) is 23.6 Å². The van der Waals surface area contributed by atoms with Crippen LogP contribution in [-0.2, 0) is 11.3 Å². The summed E-state index contributed by atoms with van der Waals surface area (Å²) in [5, 5.41) is 9.11. The third-order valence-electron chi connectivity index (χ3n) is 5.14. The standard InChI is InChI=1S/C21H21NO4/c1-13(21(24)25)15-4-7-17(8-5-15)22-11-16-6-9-18(10-19(16)20(22)23)26-12-14-2-3-14/h4-10,13-14H,2-3,11-12H2,1H3,(H,24,25). The van der Waals surface area contributed by atoms with Crippen LogP contribution in [0.5, 0.6) is 5.75 Å². The van der Waals surface area contributed by atoms with Gasteiger partial charge in [0.2, 0.25) is 0 Å². The Balaban J connectivity index is 1.51. The quantitative estimate of drug-likeness (QED) is 0.859. The molecule has 0 radical (unpaired) electrons. The molecule has 1 amide bonds. The summed E-state index contributed by atoms with van der Waals surface area (Å²) in [4.78, 5) is 25.6. The average molecular weight is 351 g/mol. The molecule has 1 N–H and O–H groups in total. The summed E-state index contributed by atoms with van der Waals surface area (Å²) in [6.45, 7) is 2.89. The first-order valence-electron chi connectivity index (χ1n) is 8.93. The molecule has 5 heteroatoms. The number of nitrogens with zero attached hydrogens (tertiary/aromatic N) is 1. The minimum Gasteiger partial charge on any atom is -0.493 e. The van der Waals surface area contributed by atoms with Gasteiger partial charge in [0.1, 0.15) is 5.75 Å². The third kappa shape index (κ3) is 3.17. The molecule has 2 aliphatic rings. The van der Waals surface area contributed by atoms with E-state index in [1.807, 2.05) is 30.3 Å². The van der Waals surface area contributed by atoms with E-state index in [1.165, 1.54) is 12.8 Å². The molecule has 5 nitrogen and oxygen atoms in total. The molecule has 2 aromatic rings. The van der Waals surface area contributed by atoms with Crippen molar-refractivity contribution >= 4 is 17.6 Å². The average Bonchev–Trinajstić information content (AvgIpc) is 3.43. The maximum absolute atomic E-state index is 12.8. The van der Waals surface area contributed by atoms with E-state index in [0.29, 0.717) is 18.0 Å². The highest BCUT2D eigenvalue weighted by molar-refractivity contribution is 6.10. The van der Waals surface area contributed by atoms with Crippen LogP contribution in [0.1, 0.15) is 47.2 Å². The van der Waals surface area contributed by atoms with Crippen LogP contribution in [0.4, 0.5) is 5.69 Å². The van der Waals surface area contributed by atoms with Gasteiger partial charge >= 0.3 is 5.97 Å². The van der Waals surface area contributed by atoms with Crippen LogP contribution in [0.15, 0.2) is 42.5 Å². The number of amides is 1. The van der Waals surface area contributed by atoms with Gasteiger partial charge in [-0.15, -0.1) is 0 Å². The highest BCUT2D eigenvalue weighted by Gasteiger charge is 2.29. The topological polar surface area (TPSA) is 66.8 Å². The molecule has 26 heavy (non-hydrogen) atoms. The lowest BCUT2D eigenvalue weighted by molar-refractivity contribution is -0.138. The number of benzene rings is 2. The lowest BCUT2D eigenvalue weighted by Gasteiger charge is -2.16. The molecule has 0 spiro atoms. The number of hydrogen-bond donors (Lipinski definition) is 1. The SMILES string of the molecule is CC(C(=O)O)c1ccc(N2Cc3ccc(OCC4CC4)cc3C2=O)cc1. The highest BCUT2D eigenvalue weighted by atomic mass is 16.5. The minimum absolute atomic E-state index is 0.0455. The summed E-state index contributed by atoms with van der Waals surface area (Å²) in [7, 11) is 0. The Morgan fingerprint density at radius 2 is 1.96 bits per heavy atom. The van der Waals surface area contributed by atoms with Crippen molar-refractivity contribution in [3.8, 4) is 5.75 Å². The van der Waals surface area contributed by atoms with Crippen LogP contribution in [0.3, 0.4) is 0 Å². The van der Waals surface area contributed by atoms with Crippen LogP contribution in [0, 0.1) is 5.92 Å². The summed E-state index contributed by atoms with van der Waals surface area (Å²) in [5.41, 5.74) is 3.16. The van der Waals surface area contributed by atoms with E-state index in [0.717, 1.165) is 29.2 Å². The Kier molecular flexibility index (Phi) is 4.15. The number of hydrogen-bond acceptors (Lipinski definition) is 3. The largest absolute Gasteiger partial charge is 0.493 e. The van der Waals surface area contributed by atoms with Gasteiger partial charge in [-0.25, -0.2) is 0 Å². The van der Waals surface area contributed by atoms with E-state index >= 15 is 0 Å². The van der Waals surface area contributed by atoms with Gasteiger partial charge in [-0.2, -0.15) is 0 Å². The maximum Gasteiger partial charge on any atom is 0.310 e. The van der Waals surface area contributed by atoms with Crippen molar-refractivity contribution in [3.05, 3.63) is 59.2 Å². The number of carboxylic acid groups (broad SMARTS) is 1. The van der Waals surface area contributed by atoms with Gasteiger partial charge in [-0.3, -0.25) is 9.59 Å². The molecule has 1 fully saturated rings. The summed E-state index contributed by atoms with van der Waals surface area (Å²) in [5.74, 6) is -0.0580. The Hall–Kier alpha value is -2.82. The van der Waals surface area contributed by atoms with Crippen molar-refractivity contribution < 1.29 is 19.4 Å². The van der Waals surface area contributed by atoms with E-state index in [4.69, 9.17) is 9.84 Å². The van der Waals surface area contributed by atoms with Crippen molar-refractivity contribution in [2.75, 3.05) is 11.5 Å². The first-order chi connectivity index (χ1) is 12.5. The van der Waals surface area contributed by atoms with E-state index in [1.54, 1.807) is 24.0 Å².